The molecule has 0 spiro atoms. The number of halogens is 1. The van der Waals surface area contributed by atoms with Gasteiger partial charge in [-0.1, -0.05) is 39.7 Å². The fourth-order valence-electron chi connectivity index (χ4n) is 1.52. The van der Waals surface area contributed by atoms with Crippen LogP contribution >= 0.6 is 15.9 Å². The van der Waals surface area contributed by atoms with Crippen LogP contribution in [0.5, 0.6) is 0 Å². The van der Waals surface area contributed by atoms with Gasteiger partial charge in [-0.25, -0.2) is 13.2 Å². The summed E-state index contributed by atoms with van der Waals surface area (Å²) < 4.78 is 30.1. The molecule has 0 radical (unpaired) electrons. The van der Waals surface area contributed by atoms with E-state index < -0.39 is 21.4 Å². The Morgan fingerprint density at radius 1 is 1.18 bits per heavy atom. The first kappa shape index (κ1) is 18.6. The van der Waals surface area contributed by atoms with Gasteiger partial charge in [0.15, 0.2) is 0 Å². The van der Waals surface area contributed by atoms with Crippen molar-refractivity contribution in [3.8, 4) is 0 Å². The van der Waals surface area contributed by atoms with Crippen LogP contribution in [0.15, 0.2) is 56.8 Å². The van der Waals surface area contributed by atoms with E-state index in [0.717, 1.165) is 11.0 Å². The molecule has 0 aliphatic carbocycles. The Kier molecular flexibility index (Phi) is 6.14. The van der Waals surface area contributed by atoms with Crippen LogP contribution < -0.4 is 0 Å². The third-order valence-electron chi connectivity index (χ3n) is 2.67. The number of carbonyl (C=O) groups is 1. The highest BCUT2D eigenvalue weighted by Gasteiger charge is 2.28. The van der Waals surface area contributed by atoms with Gasteiger partial charge in [-0.3, -0.25) is 0 Å². The van der Waals surface area contributed by atoms with Crippen molar-refractivity contribution in [3.63, 3.8) is 0 Å². The van der Waals surface area contributed by atoms with E-state index in [-0.39, 0.29) is 9.38 Å². The maximum atomic E-state index is 12.3. The second kappa shape index (κ2) is 7.24. The Balaban J connectivity index is 3.05. The van der Waals surface area contributed by atoms with E-state index in [1.54, 1.807) is 45.9 Å². The summed E-state index contributed by atoms with van der Waals surface area (Å²) in [5.41, 5.74) is -0.289. The molecule has 0 aromatic heterocycles. The number of hydrogen-bond donors (Lipinski definition) is 0. The Morgan fingerprint density at radius 3 is 2.23 bits per heavy atom. The minimum absolute atomic E-state index is 0.179. The van der Waals surface area contributed by atoms with Crippen molar-refractivity contribution >= 4 is 31.7 Å². The molecule has 0 aliphatic heterocycles. The molecule has 0 unspecified atom stereocenters. The van der Waals surface area contributed by atoms with Crippen LogP contribution in [0, 0.1) is 0 Å². The molecule has 0 bridgehead atoms. The topological polar surface area (TPSA) is 60.4 Å². The normalized spacial score (nSPS) is 12.7. The minimum atomic E-state index is -3.62. The number of esters is 1. The molecule has 1 rings (SSSR count). The van der Waals surface area contributed by atoms with Crippen LogP contribution in [0.3, 0.4) is 0 Å². The van der Waals surface area contributed by atoms with Crippen LogP contribution in [-0.4, -0.2) is 20.0 Å². The van der Waals surface area contributed by atoms with Crippen molar-refractivity contribution in [2.45, 2.75) is 38.2 Å². The molecule has 0 saturated heterocycles. The summed E-state index contributed by atoms with van der Waals surface area (Å²) in [6, 6.07) is 8.05. The molecule has 0 saturated carbocycles. The van der Waals surface area contributed by atoms with E-state index in [9.17, 15) is 13.2 Å². The van der Waals surface area contributed by atoms with Crippen LogP contribution in [0.4, 0.5) is 0 Å². The lowest BCUT2D eigenvalue weighted by Gasteiger charge is -2.24. The Morgan fingerprint density at radius 2 is 1.73 bits per heavy atom. The average Bonchev–Trinajstić information content (AvgIpc) is 2.37. The lowest BCUT2D eigenvalue weighted by atomic mass is 10.1. The maximum absolute atomic E-state index is 12.3. The lowest BCUT2D eigenvalue weighted by molar-refractivity contribution is -0.146. The van der Waals surface area contributed by atoms with Gasteiger partial charge in [-0.15, -0.1) is 0 Å². The van der Waals surface area contributed by atoms with E-state index in [1.165, 1.54) is 18.2 Å². The summed E-state index contributed by atoms with van der Waals surface area (Å²) in [6.45, 7) is 6.79. The third kappa shape index (κ3) is 5.42. The molecule has 0 heterocycles. The Bertz CT molecular complexity index is 697. The smallest absolute Gasteiger partial charge is 0.331 e. The molecule has 0 N–H and O–H groups in total. The van der Waals surface area contributed by atoms with Gasteiger partial charge >= 0.3 is 5.97 Å². The number of sulfone groups is 1. The van der Waals surface area contributed by atoms with Crippen molar-refractivity contribution in [2.75, 3.05) is 0 Å². The number of allylic oxidation sites excluding steroid dienone is 1. The highest BCUT2D eigenvalue weighted by atomic mass is 79.9. The summed E-state index contributed by atoms with van der Waals surface area (Å²) in [5.74, 6) is -0.521. The van der Waals surface area contributed by atoms with E-state index in [4.69, 9.17) is 4.74 Å². The predicted molar refractivity (Wildman–Crippen MR) is 90.2 cm³/mol. The fraction of sp³-hybridized carbons (Fsp3) is 0.312. The van der Waals surface area contributed by atoms with Crippen LogP contribution in [0.2, 0.25) is 0 Å². The van der Waals surface area contributed by atoms with Crippen molar-refractivity contribution in [1.29, 1.82) is 0 Å². The SMILES string of the molecule is CC(C)=CC(=O)OC(C)(C)/C(Br)=C/S(=O)(=O)c1ccccc1. The van der Waals surface area contributed by atoms with Gasteiger partial charge in [0, 0.05) is 16.0 Å². The summed E-state index contributed by atoms with van der Waals surface area (Å²) >= 11 is 3.21. The molecule has 120 valence electrons. The zero-order valence-corrected chi connectivity index (χ0v) is 15.4. The van der Waals surface area contributed by atoms with Gasteiger partial charge < -0.3 is 4.74 Å². The lowest BCUT2D eigenvalue weighted by Crippen LogP contribution is -2.28. The van der Waals surface area contributed by atoms with Crippen LogP contribution in [0.1, 0.15) is 27.7 Å². The molecule has 1 aromatic carbocycles. The predicted octanol–water partition coefficient (Wildman–Crippen LogP) is 3.98. The van der Waals surface area contributed by atoms with Crippen LogP contribution in [-0.2, 0) is 19.4 Å². The van der Waals surface area contributed by atoms with Gasteiger partial charge in [-0.05, 0) is 39.8 Å². The van der Waals surface area contributed by atoms with Gasteiger partial charge in [0.05, 0.1) is 4.90 Å². The molecule has 0 fully saturated rings. The zero-order valence-electron chi connectivity index (χ0n) is 13.0. The van der Waals surface area contributed by atoms with E-state index in [2.05, 4.69) is 15.9 Å². The number of hydrogen-bond acceptors (Lipinski definition) is 4. The van der Waals surface area contributed by atoms with E-state index in [1.807, 2.05) is 0 Å². The number of ether oxygens (including phenoxy) is 1. The second-order valence-corrected chi connectivity index (χ2v) is 8.13. The number of benzene rings is 1. The van der Waals surface area contributed by atoms with Crippen LogP contribution in [0.25, 0.3) is 0 Å². The monoisotopic (exact) mass is 386 g/mol. The summed E-state index contributed by atoms with van der Waals surface area (Å²) in [4.78, 5) is 11.9. The van der Waals surface area contributed by atoms with E-state index in [0.29, 0.717) is 0 Å². The molecule has 0 amide bonds. The molecular weight excluding hydrogens is 368 g/mol. The highest BCUT2D eigenvalue weighted by Crippen LogP contribution is 2.29. The average molecular weight is 387 g/mol. The van der Waals surface area contributed by atoms with E-state index >= 15 is 0 Å². The van der Waals surface area contributed by atoms with Gasteiger partial charge in [0.1, 0.15) is 5.60 Å². The highest BCUT2D eigenvalue weighted by molar-refractivity contribution is 9.11. The molecule has 22 heavy (non-hydrogen) atoms. The van der Waals surface area contributed by atoms with Crippen molar-refractivity contribution in [1.82, 2.24) is 0 Å². The van der Waals surface area contributed by atoms with Crippen molar-refractivity contribution < 1.29 is 17.9 Å². The number of rotatable bonds is 5. The minimum Gasteiger partial charge on any atom is -0.451 e. The second-order valence-electron chi connectivity index (χ2n) is 5.48. The molecular formula is C16H19BrO4S. The summed E-state index contributed by atoms with van der Waals surface area (Å²) in [5, 5.41) is 1.07. The maximum Gasteiger partial charge on any atom is 0.331 e. The quantitative estimate of drug-likeness (QED) is 0.566. The largest absolute Gasteiger partial charge is 0.451 e. The van der Waals surface area contributed by atoms with Crippen molar-refractivity contribution in [3.05, 3.63) is 51.9 Å². The molecule has 1 aromatic rings. The van der Waals surface area contributed by atoms with Gasteiger partial charge in [0.2, 0.25) is 9.84 Å². The molecule has 0 atom stereocenters. The third-order valence-corrected chi connectivity index (χ3v) is 5.63. The first-order valence-electron chi connectivity index (χ1n) is 6.60. The van der Waals surface area contributed by atoms with Gasteiger partial charge in [0.25, 0.3) is 0 Å². The van der Waals surface area contributed by atoms with Gasteiger partial charge in [-0.2, -0.15) is 0 Å². The standard InChI is InChI=1S/C16H19BrO4S/c1-12(2)10-15(18)21-16(3,4)14(17)11-22(19,20)13-8-6-5-7-9-13/h5-11H,1-4H3/b14-11-. The molecule has 6 heteroatoms. The Hall–Kier alpha value is -1.40. The zero-order chi connectivity index (χ0) is 17.0. The molecule has 0 aliphatic rings. The summed E-state index contributed by atoms with van der Waals surface area (Å²) in [6.07, 6.45) is 1.35. The van der Waals surface area contributed by atoms with Crippen molar-refractivity contribution in [2.24, 2.45) is 0 Å². The Labute approximate surface area is 139 Å². The fourth-order valence-corrected chi connectivity index (χ4v) is 3.57. The summed E-state index contributed by atoms with van der Waals surface area (Å²) in [7, 11) is -3.62. The first-order valence-corrected chi connectivity index (χ1v) is 8.94. The molecule has 4 nitrogen and oxygen atoms in total. The first-order chi connectivity index (χ1) is 10.0. The number of carbonyl (C=O) groups excluding carboxylic acids is 1.